The number of aliphatic carboxylic acids is 1. The van der Waals surface area contributed by atoms with Crippen LogP contribution in [0.2, 0.25) is 0 Å². The highest BCUT2D eigenvalue weighted by Gasteiger charge is 2.25. The Morgan fingerprint density at radius 3 is 2.42 bits per heavy atom. The standard InChI is InChI=1S/C8H14O4/c1-3-4-5-6(7(9)10)8(11)12-2/h6H,3-5H2,1-2H3,(H,9,10). The lowest BCUT2D eigenvalue weighted by atomic mass is 10.0. The molecule has 0 amide bonds. The average molecular weight is 174 g/mol. The molecule has 0 fully saturated rings. The topological polar surface area (TPSA) is 63.6 Å². The SMILES string of the molecule is CCCCC(C(=O)O)C(=O)OC. The summed E-state index contributed by atoms with van der Waals surface area (Å²) in [6.07, 6.45) is 1.96. The van der Waals surface area contributed by atoms with E-state index in [-0.39, 0.29) is 0 Å². The largest absolute Gasteiger partial charge is 0.481 e. The Balaban J connectivity index is 4.04. The number of esters is 1. The van der Waals surface area contributed by atoms with Crippen LogP contribution in [0.25, 0.3) is 0 Å². The van der Waals surface area contributed by atoms with Crippen LogP contribution in [0.3, 0.4) is 0 Å². The Hall–Kier alpha value is -1.06. The third kappa shape index (κ3) is 3.37. The lowest BCUT2D eigenvalue weighted by Gasteiger charge is -2.08. The summed E-state index contributed by atoms with van der Waals surface area (Å²) < 4.78 is 4.35. The smallest absolute Gasteiger partial charge is 0.320 e. The normalized spacial score (nSPS) is 12.2. The molecule has 4 nitrogen and oxygen atoms in total. The van der Waals surface area contributed by atoms with E-state index in [1.807, 2.05) is 6.92 Å². The van der Waals surface area contributed by atoms with Crippen LogP contribution < -0.4 is 0 Å². The third-order valence-corrected chi connectivity index (χ3v) is 1.63. The first-order valence-electron chi connectivity index (χ1n) is 3.94. The van der Waals surface area contributed by atoms with Gasteiger partial charge in [0.15, 0.2) is 5.92 Å². The van der Waals surface area contributed by atoms with Gasteiger partial charge >= 0.3 is 11.9 Å². The van der Waals surface area contributed by atoms with Gasteiger partial charge in [0.2, 0.25) is 0 Å². The molecule has 0 rings (SSSR count). The van der Waals surface area contributed by atoms with E-state index in [1.165, 1.54) is 7.11 Å². The van der Waals surface area contributed by atoms with Crippen LogP contribution in [0, 0.1) is 5.92 Å². The van der Waals surface area contributed by atoms with Crippen LogP contribution >= 0.6 is 0 Å². The van der Waals surface area contributed by atoms with Crippen molar-refractivity contribution < 1.29 is 19.4 Å². The number of hydrogen-bond donors (Lipinski definition) is 1. The molecule has 0 aliphatic carbocycles. The number of rotatable bonds is 5. The van der Waals surface area contributed by atoms with Crippen LogP contribution in [-0.4, -0.2) is 24.2 Å². The zero-order valence-electron chi connectivity index (χ0n) is 7.37. The van der Waals surface area contributed by atoms with Crippen molar-refractivity contribution in [3.8, 4) is 0 Å². The van der Waals surface area contributed by atoms with E-state index < -0.39 is 17.9 Å². The van der Waals surface area contributed by atoms with Crippen LogP contribution in [0.15, 0.2) is 0 Å². The van der Waals surface area contributed by atoms with Gasteiger partial charge in [0.25, 0.3) is 0 Å². The maximum atomic E-state index is 10.9. The molecule has 0 heterocycles. The van der Waals surface area contributed by atoms with E-state index in [1.54, 1.807) is 0 Å². The molecule has 1 atom stereocenters. The number of carboxylic acids is 1. The first kappa shape index (κ1) is 10.9. The summed E-state index contributed by atoms with van der Waals surface area (Å²) >= 11 is 0. The van der Waals surface area contributed by atoms with Crippen LogP contribution in [-0.2, 0) is 14.3 Å². The summed E-state index contributed by atoms with van der Waals surface area (Å²) in [6, 6.07) is 0. The summed E-state index contributed by atoms with van der Waals surface area (Å²) in [5.74, 6) is -2.75. The molecule has 0 saturated heterocycles. The van der Waals surface area contributed by atoms with Crippen molar-refractivity contribution in [3.05, 3.63) is 0 Å². The minimum Gasteiger partial charge on any atom is -0.481 e. The Kier molecular flexibility index (Phi) is 5.08. The number of unbranched alkanes of at least 4 members (excludes halogenated alkanes) is 1. The Morgan fingerprint density at radius 2 is 2.08 bits per heavy atom. The van der Waals surface area contributed by atoms with E-state index in [0.717, 1.165) is 12.8 Å². The minimum atomic E-state index is -1.10. The fourth-order valence-electron chi connectivity index (χ4n) is 0.893. The molecule has 0 aliphatic heterocycles. The second-order valence-electron chi connectivity index (χ2n) is 2.56. The summed E-state index contributed by atoms with van der Waals surface area (Å²) in [5.41, 5.74) is 0. The van der Waals surface area contributed by atoms with Gasteiger partial charge in [-0.25, -0.2) is 0 Å². The summed E-state index contributed by atoms with van der Waals surface area (Å²) in [7, 11) is 1.20. The van der Waals surface area contributed by atoms with Crippen molar-refractivity contribution in [1.29, 1.82) is 0 Å². The summed E-state index contributed by atoms with van der Waals surface area (Å²) in [6.45, 7) is 1.94. The van der Waals surface area contributed by atoms with Crippen molar-refractivity contribution in [2.75, 3.05) is 7.11 Å². The highest BCUT2D eigenvalue weighted by atomic mass is 16.5. The molecule has 1 unspecified atom stereocenters. The van der Waals surface area contributed by atoms with Gasteiger partial charge < -0.3 is 9.84 Å². The molecule has 4 heteroatoms. The Labute approximate surface area is 71.5 Å². The van der Waals surface area contributed by atoms with Crippen LogP contribution in [0.5, 0.6) is 0 Å². The van der Waals surface area contributed by atoms with Crippen molar-refractivity contribution in [2.24, 2.45) is 5.92 Å². The van der Waals surface area contributed by atoms with E-state index in [0.29, 0.717) is 6.42 Å². The first-order chi connectivity index (χ1) is 5.63. The molecule has 12 heavy (non-hydrogen) atoms. The van der Waals surface area contributed by atoms with E-state index >= 15 is 0 Å². The van der Waals surface area contributed by atoms with Gasteiger partial charge in [0, 0.05) is 0 Å². The monoisotopic (exact) mass is 174 g/mol. The molecule has 0 aliphatic rings. The number of carbonyl (C=O) groups excluding carboxylic acids is 1. The maximum Gasteiger partial charge on any atom is 0.320 e. The molecule has 0 aromatic heterocycles. The van der Waals surface area contributed by atoms with Crippen molar-refractivity contribution in [1.82, 2.24) is 0 Å². The molecular formula is C8H14O4. The van der Waals surface area contributed by atoms with Gasteiger partial charge in [-0.2, -0.15) is 0 Å². The summed E-state index contributed by atoms with van der Waals surface area (Å²) in [5, 5.41) is 8.60. The van der Waals surface area contributed by atoms with Gasteiger partial charge in [0.1, 0.15) is 0 Å². The number of carbonyl (C=O) groups is 2. The Bertz CT molecular complexity index is 164. The predicted octanol–water partition coefficient (Wildman–Crippen LogP) is 1.05. The molecule has 1 N–H and O–H groups in total. The molecule has 0 bridgehead atoms. The minimum absolute atomic E-state index is 0.360. The number of ether oxygens (including phenoxy) is 1. The molecule has 0 radical (unpaired) electrons. The zero-order valence-corrected chi connectivity index (χ0v) is 7.37. The van der Waals surface area contributed by atoms with E-state index in [9.17, 15) is 9.59 Å². The van der Waals surface area contributed by atoms with Gasteiger partial charge in [0.05, 0.1) is 7.11 Å². The van der Waals surface area contributed by atoms with Crippen LogP contribution in [0.4, 0.5) is 0 Å². The lowest BCUT2D eigenvalue weighted by Crippen LogP contribution is -2.24. The lowest BCUT2D eigenvalue weighted by molar-refractivity contribution is -0.157. The van der Waals surface area contributed by atoms with E-state index in [2.05, 4.69) is 4.74 Å². The Morgan fingerprint density at radius 1 is 1.50 bits per heavy atom. The molecule has 0 spiro atoms. The fourth-order valence-corrected chi connectivity index (χ4v) is 0.893. The molecule has 0 aromatic carbocycles. The van der Waals surface area contributed by atoms with Gasteiger partial charge in [-0.05, 0) is 6.42 Å². The molecule has 0 saturated carbocycles. The number of hydrogen-bond acceptors (Lipinski definition) is 3. The van der Waals surface area contributed by atoms with Crippen LogP contribution in [0.1, 0.15) is 26.2 Å². The van der Waals surface area contributed by atoms with Crippen molar-refractivity contribution >= 4 is 11.9 Å². The third-order valence-electron chi connectivity index (χ3n) is 1.63. The van der Waals surface area contributed by atoms with E-state index in [4.69, 9.17) is 5.11 Å². The van der Waals surface area contributed by atoms with Gasteiger partial charge in [-0.15, -0.1) is 0 Å². The zero-order chi connectivity index (χ0) is 9.56. The highest BCUT2D eigenvalue weighted by Crippen LogP contribution is 2.10. The quantitative estimate of drug-likeness (QED) is 0.499. The second-order valence-corrected chi connectivity index (χ2v) is 2.56. The predicted molar refractivity (Wildman–Crippen MR) is 42.7 cm³/mol. The number of carboxylic acid groups (broad SMARTS) is 1. The van der Waals surface area contributed by atoms with Gasteiger partial charge in [-0.3, -0.25) is 9.59 Å². The maximum absolute atomic E-state index is 10.9. The average Bonchev–Trinajstić information content (AvgIpc) is 2.04. The first-order valence-corrected chi connectivity index (χ1v) is 3.94. The summed E-state index contributed by atoms with van der Waals surface area (Å²) in [4.78, 5) is 21.4. The second kappa shape index (κ2) is 5.57. The molecular weight excluding hydrogens is 160 g/mol. The van der Waals surface area contributed by atoms with Gasteiger partial charge in [-0.1, -0.05) is 19.8 Å². The number of methoxy groups -OCH3 is 1. The fraction of sp³-hybridized carbons (Fsp3) is 0.750. The molecule has 70 valence electrons. The molecule has 0 aromatic rings. The van der Waals surface area contributed by atoms with Crippen molar-refractivity contribution in [2.45, 2.75) is 26.2 Å². The highest BCUT2D eigenvalue weighted by molar-refractivity contribution is 5.93. The van der Waals surface area contributed by atoms with Crippen molar-refractivity contribution in [3.63, 3.8) is 0 Å².